The molecule has 2 N–H and O–H groups in total. The van der Waals surface area contributed by atoms with E-state index in [1.807, 2.05) is 0 Å². The molecule has 3 aromatic rings. The Kier molecular flexibility index (Phi) is 7.53. The molecule has 11 heteroatoms. The van der Waals surface area contributed by atoms with Crippen LogP contribution in [0.5, 0.6) is 5.75 Å². The van der Waals surface area contributed by atoms with E-state index < -0.39 is 17.6 Å². The van der Waals surface area contributed by atoms with Crippen LogP contribution in [0, 0.1) is 6.92 Å². The van der Waals surface area contributed by atoms with Gasteiger partial charge in [0.25, 0.3) is 0 Å². The molecule has 0 radical (unpaired) electrons. The fourth-order valence-corrected chi connectivity index (χ4v) is 4.92. The molecule has 3 rings (SSSR count). The predicted molar refractivity (Wildman–Crippen MR) is 120 cm³/mol. The molecule has 1 aromatic heterocycles. The summed E-state index contributed by atoms with van der Waals surface area (Å²) in [6.07, 6.45) is -0.196. The minimum atomic E-state index is -3.78. The molecule has 1 heterocycles. The standard InChI is InChI=1S/C21H25N2O7PS/c1-4-28-31(24,29-5-2)14-27-18-10-6-17(7-11-18)21-20(15(3)30-23-21)16-8-12-19(13-9-16)32(22,25)26/h6-13H,4-5,14H2,1-3H3,(H2,22,25,26). The summed E-state index contributed by atoms with van der Waals surface area (Å²) >= 11 is 0. The fraction of sp³-hybridized carbons (Fsp3) is 0.286. The SMILES string of the molecule is CCOP(=O)(COc1ccc(-c2noc(C)c2-c2ccc(S(N)(=O)=O)cc2)cc1)OCC. The van der Waals surface area contributed by atoms with E-state index in [0.29, 0.717) is 17.2 Å². The van der Waals surface area contributed by atoms with Crippen LogP contribution in [0.25, 0.3) is 22.4 Å². The van der Waals surface area contributed by atoms with Crippen molar-refractivity contribution in [2.24, 2.45) is 5.14 Å². The molecule has 0 aliphatic carbocycles. The molecule has 9 nitrogen and oxygen atoms in total. The van der Waals surface area contributed by atoms with Crippen molar-refractivity contribution in [1.82, 2.24) is 5.16 Å². The lowest BCUT2D eigenvalue weighted by Crippen LogP contribution is -2.11. The van der Waals surface area contributed by atoms with Gasteiger partial charge < -0.3 is 18.3 Å². The van der Waals surface area contributed by atoms with Crippen LogP contribution in [0.2, 0.25) is 0 Å². The first-order valence-corrected chi connectivity index (χ1v) is 13.1. The van der Waals surface area contributed by atoms with Crippen LogP contribution in [0.4, 0.5) is 0 Å². The van der Waals surface area contributed by atoms with Crippen molar-refractivity contribution in [2.45, 2.75) is 25.7 Å². The van der Waals surface area contributed by atoms with Gasteiger partial charge in [-0.15, -0.1) is 0 Å². The molecule has 0 unspecified atom stereocenters. The van der Waals surface area contributed by atoms with Gasteiger partial charge in [0.15, 0.2) is 6.35 Å². The van der Waals surface area contributed by atoms with E-state index >= 15 is 0 Å². The maximum absolute atomic E-state index is 12.5. The van der Waals surface area contributed by atoms with Gasteiger partial charge in [-0.05, 0) is 62.7 Å². The first-order valence-electron chi connectivity index (χ1n) is 9.87. The zero-order valence-corrected chi connectivity index (χ0v) is 19.7. The van der Waals surface area contributed by atoms with Crippen LogP contribution in [0.15, 0.2) is 57.9 Å². The van der Waals surface area contributed by atoms with Gasteiger partial charge in [-0.2, -0.15) is 0 Å². The molecule has 0 saturated carbocycles. The molecule has 0 aliphatic heterocycles. The summed E-state index contributed by atoms with van der Waals surface area (Å²) in [4.78, 5) is 0.0230. The predicted octanol–water partition coefficient (Wildman–Crippen LogP) is 4.57. The summed E-state index contributed by atoms with van der Waals surface area (Å²) in [5.74, 6) is 1.07. The number of aromatic nitrogens is 1. The Bertz CT molecular complexity index is 1200. The third kappa shape index (κ3) is 5.65. The van der Waals surface area contributed by atoms with Gasteiger partial charge in [-0.1, -0.05) is 17.3 Å². The minimum Gasteiger partial charge on any atom is -0.481 e. The normalized spacial score (nSPS) is 12.1. The molecule has 32 heavy (non-hydrogen) atoms. The van der Waals surface area contributed by atoms with Crippen LogP contribution in [0.1, 0.15) is 19.6 Å². The number of benzene rings is 2. The van der Waals surface area contributed by atoms with Gasteiger partial charge in [-0.25, -0.2) is 13.6 Å². The monoisotopic (exact) mass is 480 g/mol. The quantitative estimate of drug-likeness (QED) is 0.418. The summed E-state index contributed by atoms with van der Waals surface area (Å²) in [7, 11) is -7.10. The zero-order chi connectivity index (χ0) is 23.4. The van der Waals surface area contributed by atoms with E-state index in [1.165, 1.54) is 12.1 Å². The van der Waals surface area contributed by atoms with Crippen LogP contribution >= 0.6 is 7.60 Å². The largest absolute Gasteiger partial charge is 0.481 e. The zero-order valence-electron chi connectivity index (χ0n) is 18.0. The lowest BCUT2D eigenvalue weighted by molar-refractivity contribution is 0.197. The van der Waals surface area contributed by atoms with Gasteiger partial charge in [0.1, 0.15) is 17.2 Å². The molecule has 2 aromatic carbocycles. The summed E-state index contributed by atoms with van der Waals surface area (Å²) in [6, 6.07) is 13.2. The highest BCUT2D eigenvalue weighted by molar-refractivity contribution is 7.89. The summed E-state index contributed by atoms with van der Waals surface area (Å²) in [5, 5.41) is 9.33. The highest BCUT2D eigenvalue weighted by atomic mass is 32.2. The number of sulfonamides is 1. The van der Waals surface area contributed by atoms with Crippen molar-refractivity contribution in [3.05, 3.63) is 54.3 Å². The van der Waals surface area contributed by atoms with Crippen molar-refractivity contribution in [3.63, 3.8) is 0 Å². The van der Waals surface area contributed by atoms with E-state index in [9.17, 15) is 13.0 Å². The molecule has 0 aliphatic rings. The Morgan fingerprint density at radius 1 is 0.969 bits per heavy atom. The number of ether oxygens (including phenoxy) is 1. The van der Waals surface area contributed by atoms with Crippen LogP contribution in [0.3, 0.4) is 0 Å². The third-order valence-electron chi connectivity index (χ3n) is 4.50. The Morgan fingerprint density at radius 2 is 1.53 bits per heavy atom. The minimum absolute atomic E-state index is 0.0230. The average molecular weight is 480 g/mol. The molecule has 0 atom stereocenters. The van der Waals surface area contributed by atoms with Crippen molar-refractivity contribution < 1.29 is 31.3 Å². The second-order valence-electron chi connectivity index (χ2n) is 6.78. The van der Waals surface area contributed by atoms with Crippen molar-refractivity contribution in [3.8, 4) is 28.1 Å². The second kappa shape index (κ2) is 9.97. The van der Waals surface area contributed by atoms with Gasteiger partial charge in [0.05, 0.1) is 23.7 Å². The van der Waals surface area contributed by atoms with Crippen LogP contribution < -0.4 is 9.88 Å². The van der Waals surface area contributed by atoms with Crippen LogP contribution in [-0.4, -0.2) is 33.1 Å². The number of hydrogen-bond donors (Lipinski definition) is 1. The van der Waals surface area contributed by atoms with Gasteiger partial charge in [0, 0.05) is 5.56 Å². The molecule has 0 spiro atoms. The maximum Gasteiger partial charge on any atom is 0.367 e. The van der Waals surface area contributed by atoms with Crippen LogP contribution in [-0.2, 0) is 23.6 Å². The number of rotatable bonds is 10. The van der Waals surface area contributed by atoms with E-state index in [2.05, 4.69) is 5.16 Å². The first kappa shape index (κ1) is 24.2. The van der Waals surface area contributed by atoms with Crippen molar-refractivity contribution in [2.75, 3.05) is 19.6 Å². The molecule has 0 amide bonds. The molecule has 0 fully saturated rings. The number of nitrogens with two attached hydrogens (primary N) is 1. The summed E-state index contributed by atoms with van der Waals surface area (Å²) in [5.41, 5.74) is 2.82. The molecular formula is C21H25N2O7PS. The lowest BCUT2D eigenvalue weighted by Gasteiger charge is -2.17. The van der Waals surface area contributed by atoms with E-state index in [4.69, 9.17) is 23.4 Å². The third-order valence-corrected chi connectivity index (χ3v) is 7.18. The maximum atomic E-state index is 12.5. The van der Waals surface area contributed by atoms with Crippen molar-refractivity contribution >= 4 is 17.6 Å². The lowest BCUT2D eigenvalue weighted by atomic mass is 9.99. The highest BCUT2D eigenvalue weighted by Gasteiger charge is 2.25. The fourth-order valence-electron chi connectivity index (χ4n) is 3.09. The topological polar surface area (TPSA) is 131 Å². The van der Waals surface area contributed by atoms with E-state index in [1.54, 1.807) is 57.2 Å². The Balaban J connectivity index is 1.82. The van der Waals surface area contributed by atoms with Gasteiger partial charge in [0.2, 0.25) is 10.0 Å². The average Bonchev–Trinajstić information content (AvgIpc) is 3.14. The first-order chi connectivity index (χ1) is 15.2. The molecular weight excluding hydrogens is 455 g/mol. The number of nitrogens with zero attached hydrogens (tertiary/aromatic N) is 1. The Morgan fingerprint density at radius 3 is 2.06 bits per heavy atom. The molecule has 0 saturated heterocycles. The van der Waals surface area contributed by atoms with E-state index in [0.717, 1.165) is 16.7 Å². The summed E-state index contributed by atoms with van der Waals surface area (Å²) < 4.78 is 57.0. The van der Waals surface area contributed by atoms with Gasteiger partial charge >= 0.3 is 7.60 Å². The van der Waals surface area contributed by atoms with Gasteiger partial charge in [-0.3, -0.25) is 4.57 Å². The number of hydrogen-bond acceptors (Lipinski definition) is 8. The molecule has 172 valence electrons. The highest BCUT2D eigenvalue weighted by Crippen LogP contribution is 2.48. The summed E-state index contributed by atoms with van der Waals surface area (Å²) in [6.45, 7) is 5.76. The second-order valence-corrected chi connectivity index (χ2v) is 10.3. The van der Waals surface area contributed by atoms with E-state index in [-0.39, 0.29) is 24.5 Å². The number of aryl methyl sites for hydroxylation is 1. The smallest absolute Gasteiger partial charge is 0.367 e. The van der Waals surface area contributed by atoms with Crippen molar-refractivity contribution in [1.29, 1.82) is 0 Å². The Hall–Kier alpha value is -2.49. The molecule has 0 bridgehead atoms. The Labute approximate surface area is 187 Å². The number of primary sulfonamides is 1.